The second-order valence-corrected chi connectivity index (χ2v) is 7.72. The van der Waals surface area contributed by atoms with Crippen LogP contribution in [0.25, 0.3) is 10.9 Å². The summed E-state index contributed by atoms with van der Waals surface area (Å²) in [5, 5.41) is 12.8. The second-order valence-electron chi connectivity index (χ2n) is 7.72. The van der Waals surface area contributed by atoms with E-state index in [2.05, 4.69) is 63.8 Å². The summed E-state index contributed by atoms with van der Waals surface area (Å²) in [7, 11) is 1.67. The molecule has 3 N–H and O–H groups in total. The molecule has 0 saturated heterocycles. The van der Waals surface area contributed by atoms with Gasteiger partial charge in [0.15, 0.2) is 11.8 Å². The average Bonchev–Trinajstić information content (AvgIpc) is 3.28. The Hall–Kier alpha value is -2.87. The number of para-hydroxylation sites is 1. The number of methoxy groups -OCH3 is 1. The molecule has 0 amide bonds. The minimum Gasteiger partial charge on any atom is -0.377 e. The first-order valence-electron chi connectivity index (χ1n) is 10.7. The molecule has 1 aromatic carbocycles. The number of hydrogen-bond acceptors (Lipinski definition) is 4. The van der Waals surface area contributed by atoms with Crippen molar-refractivity contribution in [3.05, 3.63) is 47.2 Å². The van der Waals surface area contributed by atoms with Crippen LogP contribution in [0.3, 0.4) is 0 Å². The van der Waals surface area contributed by atoms with Crippen molar-refractivity contribution in [1.29, 1.82) is 0 Å². The van der Waals surface area contributed by atoms with E-state index in [0.29, 0.717) is 6.61 Å². The number of ether oxygens (including phenoxy) is 1. The number of nitrogens with one attached hydrogen (secondary N) is 3. The van der Waals surface area contributed by atoms with Gasteiger partial charge in [0.05, 0.1) is 6.54 Å². The number of aliphatic imine (C=N–C) groups is 1. The van der Waals surface area contributed by atoms with Crippen LogP contribution in [0.1, 0.15) is 36.3 Å². The van der Waals surface area contributed by atoms with Crippen LogP contribution in [0, 0.1) is 6.92 Å². The number of rotatable bonds is 7. The Kier molecular flexibility index (Phi) is 6.32. The first-order valence-corrected chi connectivity index (χ1v) is 10.7. The van der Waals surface area contributed by atoms with Crippen molar-refractivity contribution in [2.24, 2.45) is 4.99 Å². The van der Waals surface area contributed by atoms with Crippen molar-refractivity contribution in [2.45, 2.75) is 52.3 Å². The molecule has 0 radical (unpaired) electrons. The van der Waals surface area contributed by atoms with Crippen LogP contribution >= 0.6 is 0 Å². The summed E-state index contributed by atoms with van der Waals surface area (Å²) in [5.41, 5.74) is 3.76. The summed E-state index contributed by atoms with van der Waals surface area (Å²) in [6.45, 7) is 7.04. The molecule has 0 bridgehead atoms. The number of fused-ring (bicyclic) bond motifs is 2. The first kappa shape index (κ1) is 20.4. The van der Waals surface area contributed by atoms with Gasteiger partial charge in [-0.05, 0) is 38.3 Å². The molecule has 0 saturated carbocycles. The molecule has 0 spiro atoms. The van der Waals surface area contributed by atoms with E-state index in [4.69, 9.17) is 9.73 Å². The van der Waals surface area contributed by atoms with Gasteiger partial charge >= 0.3 is 0 Å². The molecular weight excluding hydrogens is 378 g/mol. The van der Waals surface area contributed by atoms with Gasteiger partial charge in [0.2, 0.25) is 0 Å². The van der Waals surface area contributed by atoms with Crippen molar-refractivity contribution >= 4 is 16.9 Å². The highest BCUT2D eigenvalue weighted by Crippen LogP contribution is 2.22. The number of H-pyrrole nitrogens is 1. The third kappa shape index (κ3) is 4.48. The molecule has 4 rings (SSSR count). The van der Waals surface area contributed by atoms with Gasteiger partial charge < -0.3 is 20.4 Å². The molecule has 1 unspecified atom stereocenters. The Bertz CT molecular complexity index is 1020. The van der Waals surface area contributed by atoms with Crippen LogP contribution in [-0.4, -0.2) is 51.9 Å². The standard InChI is InChI=1S/C22H31N7O/c1-4-23-22(24-12-11-17-15(2)25-19-8-6-5-7-18(17)19)26-16-9-10-21-27-20(14-30-3)28-29(21)13-16/h5-8,16,25H,4,9-14H2,1-3H3,(H2,23,24,26). The SMILES string of the molecule is CCNC(=NCCc1c(C)[nH]c2ccccc12)NC1CCc2nc(COC)nn2C1. The van der Waals surface area contributed by atoms with E-state index in [1.54, 1.807) is 7.11 Å². The third-order valence-electron chi connectivity index (χ3n) is 5.52. The van der Waals surface area contributed by atoms with Crippen LogP contribution < -0.4 is 10.6 Å². The fourth-order valence-electron chi connectivity index (χ4n) is 4.12. The molecule has 3 aromatic rings. The van der Waals surface area contributed by atoms with E-state index in [1.807, 2.05) is 4.68 Å². The molecule has 8 nitrogen and oxygen atoms in total. The summed E-state index contributed by atoms with van der Waals surface area (Å²) in [6, 6.07) is 8.74. The Morgan fingerprint density at radius 2 is 2.23 bits per heavy atom. The highest BCUT2D eigenvalue weighted by molar-refractivity contribution is 5.84. The summed E-state index contributed by atoms with van der Waals surface area (Å²) in [6.07, 6.45) is 2.82. The molecule has 0 fully saturated rings. The number of aryl methyl sites for hydroxylation is 2. The third-order valence-corrected chi connectivity index (χ3v) is 5.52. The molecule has 1 aliphatic rings. The lowest BCUT2D eigenvalue weighted by Crippen LogP contribution is -2.47. The molecule has 1 aliphatic heterocycles. The van der Waals surface area contributed by atoms with Crippen molar-refractivity contribution in [1.82, 2.24) is 30.4 Å². The zero-order valence-electron chi connectivity index (χ0n) is 18.0. The van der Waals surface area contributed by atoms with E-state index < -0.39 is 0 Å². The van der Waals surface area contributed by atoms with Gasteiger partial charge in [0.25, 0.3) is 0 Å². The molecule has 2 aromatic heterocycles. The summed E-state index contributed by atoms with van der Waals surface area (Å²) >= 11 is 0. The number of nitrogens with zero attached hydrogens (tertiary/aromatic N) is 4. The maximum Gasteiger partial charge on any atom is 0.191 e. The van der Waals surface area contributed by atoms with Gasteiger partial charge in [0.1, 0.15) is 12.4 Å². The topological polar surface area (TPSA) is 92.2 Å². The van der Waals surface area contributed by atoms with Crippen molar-refractivity contribution in [3.8, 4) is 0 Å². The quantitative estimate of drug-likeness (QED) is 0.411. The Labute approximate surface area is 177 Å². The Balaban J connectivity index is 1.39. The second kappa shape index (κ2) is 9.30. The van der Waals surface area contributed by atoms with E-state index in [1.165, 1.54) is 22.2 Å². The molecule has 8 heteroatoms. The fourth-order valence-corrected chi connectivity index (χ4v) is 4.12. The fraction of sp³-hybridized carbons (Fsp3) is 0.500. The number of benzene rings is 1. The minimum absolute atomic E-state index is 0.280. The zero-order chi connectivity index (χ0) is 20.9. The molecule has 0 aliphatic carbocycles. The lowest BCUT2D eigenvalue weighted by Gasteiger charge is -2.25. The monoisotopic (exact) mass is 409 g/mol. The normalized spacial score (nSPS) is 16.6. The lowest BCUT2D eigenvalue weighted by atomic mass is 10.1. The molecule has 160 valence electrons. The molecule has 1 atom stereocenters. The minimum atomic E-state index is 0.280. The van der Waals surface area contributed by atoms with Crippen LogP contribution in [0.5, 0.6) is 0 Å². The zero-order valence-corrected chi connectivity index (χ0v) is 18.0. The van der Waals surface area contributed by atoms with Crippen molar-refractivity contribution in [3.63, 3.8) is 0 Å². The van der Waals surface area contributed by atoms with Crippen LogP contribution in [0.15, 0.2) is 29.3 Å². The predicted molar refractivity (Wildman–Crippen MR) is 119 cm³/mol. The maximum atomic E-state index is 5.15. The summed E-state index contributed by atoms with van der Waals surface area (Å²) in [5.74, 6) is 2.65. The summed E-state index contributed by atoms with van der Waals surface area (Å²) in [4.78, 5) is 12.9. The number of guanidine groups is 1. The highest BCUT2D eigenvalue weighted by atomic mass is 16.5. The molecule has 30 heavy (non-hydrogen) atoms. The highest BCUT2D eigenvalue weighted by Gasteiger charge is 2.22. The van der Waals surface area contributed by atoms with Crippen molar-refractivity contribution < 1.29 is 4.74 Å². The average molecular weight is 410 g/mol. The van der Waals surface area contributed by atoms with Gasteiger partial charge in [-0.15, -0.1) is 0 Å². The number of aromatic nitrogens is 4. The van der Waals surface area contributed by atoms with E-state index in [0.717, 1.165) is 56.5 Å². The van der Waals surface area contributed by atoms with Crippen molar-refractivity contribution in [2.75, 3.05) is 20.2 Å². The number of hydrogen-bond donors (Lipinski definition) is 3. The smallest absolute Gasteiger partial charge is 0.191 e. The van der Waals surface area contributed by atoms with Crippen LogP contribution in [0.4, 0.5) is 0 Å². The predicted octanol–water partition coefficient (Wildman–Crippen LogP) is 2.33. The Morgan fingerprint density at radius 3 is 3.07 bits per heavy atom. The number of aromatic amines is 1. The van der Waals surface area contributed by atoms with E-state index in [9.17, 15) is 0 Å². The van der Waals surface area contributed by atoms with Gasteiger partial charge in [-0.25, -0.2) is 9.67 Å². The van der Waals surface area contributed by atoms with Gasteiger partial charge in [0, 0.05) is 49.3 Å². The Morgan fingerprint density at radius 1 is 1.37 bits per heavy atom. The molecular formula is C22H31N7O. The van der Waals surface area contributed by atoms with Crippen LogP contribution in [-0.2, 0) is 30.7 Å². The van der Waals surface area contributed by atoms with E-state index >= 15 is 0 Å². The van der Waals surface area contributed by atoms with E-state index in [-0.39, 0.29) is 6.04 Å². The van der Waals surface area contributed by atoms with Gasteiger partial charge in [-0.2, -0.15) is 5.10 Å². The largest absolute Gasteiger partial charge is 0.377 e. The van der Waals surface area contributed by atoms with Gasteiger partial charge in [-0.1, -0.05) is 18.2 Å². The van der Waals surface area contributed by atoms with Gasteiger partial charge in [-0.3, -0.25) is 4.99 Å². The molecule has 3 heterocycles. The summed E-state index contributed by atoms with van der Waals surface area (Å²) < 4.78 is 7.15. The first-order chi connectivity index (χ1) is 14.7. The van der Waals surface area contributed by atoms with Crippen LogP contribution in [0.2, 0.25) is 0 Å². The lowest BCUT2D eigenvalue weighted by molar-refractivity contribution is 0.177. The maximum absolute atomic E-state index is 5.15.